The van der Waals surface area contributed by atoms with E-state index in [1.54, 1.807) is 13.2 Å². The number of aliphatic hydroxyl groups is 1. The maximum Gasteiger partial charge on any atom is 0.122 e. The maximum absolute atomic E-state index is 9.61. The van der Waals surface area contributed by atoms with Gasteiger partial charge in [0, 0.05) is 11.0 Å². The number of aliphatic hydroxyl groups excluding tert-OH is 1. The Balaban J connectivity index is 3.17. The third-order valence-electron chi connectivity index (χ3n) is 2.10. The molecule has 0 aromatic heterocycles. The van der Waals surface area contributed by atoms with Gasteiger partial charge in [-0.15, -0.1) is 0 Å². The molecule has 0 saturated carbocycles. The van der Waals surface area contributed by atoms with E-state index >= 15 is 0 Å². The number of benzene rings is 1. The highest BCUT2D eigenvalue weighted by molar-refractivity contribution is 9.10. The first-order chi connectivity index (χ1) is 6.60. The van der Waals surface area contributed by atoms with Gasteiger partial charge in [-0.1, -0.05) is 15.9 Å². The summed E-state index contributed by atoms with van der Waals surface area (Å²) >= 11 is 3.38. The van der Waals surface area contributed by atoms with E-state index in [1.807, 2.05) is 13.0 Å². The Morgan fingerprint density at radius 3 is 2.71 bits per heavy atom. The van der Waals surface area contributed by atoms with Crippen LogP contribution in [0.5, 0.6) is 5.75 Å². The Bertz CT molecular complexity index is 328. The van der Waals surface area contributed by atoms with Gasteiger partial charge in [0.2, 0.25) is 0 Å². The second-order valence-electron chi connectivity index (χ2n) is 3.09. The van der Waals surface area contributed by atoms with Crippen LogP contribution < -0.4 is 10.5 Å². The summed E-state index contributed by atoms with van der Waals surface area (Å²) in [6.45, 7) is 2.15. The summed E-state index contributed by atoms with van der Waals surface area (Å²) < 4.78 is 6.02. The minimum absolute atomic E-state index is 0.199. The van der Waals surface area contributed by atoms with E-state index in [0.717, 1.165) is 21.3 Å². The quantitative estimate of drug-likeness (QED) is 0.870. The van der Waals surface area contributed by atoms with Crippen LogP contribution >= 0.6 is 15.9 Å². The zero-order valence-electron chi connectivity index (χ0n) is 8.25. The summed E-state index contributed by atoms with van der Waals surface area (Å²) in [6.07, 6.45) is -0.654. The maximum atomic E-state index is 9.61. The standard InChI is InChI=1S/C10H14BrNO2/c1-6-3-8(11)7(9(13)5-12)4-10(6)14-2/h3-4,9,13H,5,12H2,1-2H3. The molecule has 3 nitrogen and oxygen atoms in total. The Hall–Kier alpha value is -0.580. The van der Waals surface area contributed by atoms with E-state index in [1.165, 1.54) is 0 Å². The fourth-order valence-electron chi connectivity index (χ4n) is 1.27. The van der Waals surface area contributed by atoms with Crippen molar-refractivity contribution >= 4 is 15.9 Å². The van der Waals surface area contributed by atoms with Crippen LogP contribution in [-0.2, 0) is 0 Å². The van der Waals surface area contributed by atoms with Crippen molar-refractivity contribution in [2.75, 3.05) is 13.7 Å². The molecule has 1 aromatic carbocycles. The average molecular weight is 260 g/mol. The van der Waals surface area contributed by atoms with Gasteiger partial charge >= 0.3 is 0 Å². The minimum atomic E-state index is -0.654. The smallest absolute Gasteiger partial charge is 0.122 e. The lowest BCUT2D eigenvalue weighted by Crippen LogP contribution is -2.12. The van der Waals surface area contributed by atoms with Gasteiger partial charge in [0.15, 0.2) is 0 Å². The Morgan fingerprint density at radius 2 is 2.21 bits per heavy atom. The van der Waals surface area contributed by atoms with Crippen molar-refractivity contribution in [1.29, 1.82) is 0 Å². The van der Waals surface area contributed by atoms with Gasteiger partial charge in [-0.05, 0) is 30.2 Å². The highest BCUT2D eigenvalue weighted by Gasteiger charge is 2.12. The molecule has 0 fully saturated rings. The fourth-order valence-corrected chi connectivity index (χ4v) is 1.99. The van der Waals surface area contributed by atoms with Crippen molar-refractivity contribution in [2.45, 2.75) is 13.0 Å². The molecule has 0 aliphatic heterocycles. The second kappa shape index (κ2) is 4.77. The van der Waals surface area contributed by atoms with Crippen LogP contribution in [-0.4, -0.2) is 18.8 Å². The van der Waals surface area contributed by atoms with Gasteiger partial charge in [0.1, 0.15) is 5.75 Å². The molecular weight excluding hydrogens is 246 g/mol. The van der Waals surface area contributed by atoms with Crippen LogP contribution in [0.15, 0.2) is 16.6 Å². The zero-order valence-corrected chi connectivity index (χ0v) is 9.84. The van der Waals surface area contributed by atoms with Crippen LogP contribution in [0.3, 0.4) is 0 Å². The number of rotatable bonds is 3. The van der Waals surface area contributed by atoms with Crippen molar-refractivity contribution < 1.29 is 9.84 Å². The lowest BCUT2D eigenvalue weighted by atomic mass is 10.1. The largest absolute Gasteiger partial charge is 0.496 e. The van der Waals surface area contributed by atoms with Gasteiger partial charge in [-0.2, -0.15) is 0 Å². The van der Waals surface area contributed by atoms with Crippen molar-refractivity contribution in [2.24, 2.45) is 5.73 Å². The van der Waals surface area contributed by atoms with Crippen LogP contribution in [0, 0.1) is 6.92 Å². The Morgan fingerprint density at radius 1 is 1.57 bits per heavy atom. The summed E-state index contributed by atoms with van der Waals surface area (Å²) in [5.74, 6) is 0.760. The molecule has 0 aliphatic rings. The molecular formula is C10H14BrNO2. The van der Waals surface area contributed by atoms with E-state index in [2.05, 4.69) is 15.9 Å². The lowest BCUT2D eigenvalue weighted by molar-refractivity contribution is 0.185. The summed E-state index contributed by atoms with van der Waals surface area (Å²) in [7, 11) is 1.61. The third kappa shape index (κ3) is 2.26. The molecule has 1 atom stereocenters. The number of methoxy groups -OCH3 is 1. The van der Waals surface area contributed by atoms with Gasteiger partial charge in [0.25, 0.3) is 0 Å². The van der Waals surface area contributed by atoms with E-state index in [4.69, 9.17) is 10.5 Å². The van der Waals surface area contributed by atoms with E-state index < -0.39 is 6.10 Å². The Labute approximate surface area is 92.0 Å². The number of halogens is 1. The molecule has 1 unspecified atom stereocenters. The minimum Gasteiger partial charge on any atom is -0.496 e. The first-order valence-electron chi connectivity index (χ1n) is 4.32. The van der Waals surface area contributed by atoms with Gasteiger partial charge in [-0.25, -0.2) is 0 Å². The van der Waals surface area contributed by atoms with E-state index in [-0.39, 0.29) is 6.54 Å². The molecule has 0 heterocycles. The average Bonchev–Trinajstić information content (AvgIpc) is 2.17. The van der Waals surface area contributed by atoms with Crippen LogP contribution in [0.2, 0.25) is 0 Å². The van der Waals surface area contributed by atoms with Crippen LogP contribution in [0.4, 0.5) is 0 Å². The summed E-state index contributed by atoms with van der Waals surface area (Å²) in [5, 5.41) is 9.61. The van der Waals surface area contributed by atoms with Crippen molar-refractivity contribution in [3.63, 3.8) is 0 Å². The molecule has 0 saturated heterocycles. The molecule has 4 heteroatoms. The number of aryl methyl sites for hydroxylation is 1. The number of nitrogens with two attached hydrogens (primary N) is 1. The molecule has 0 spiro atoms. The van der Waals surface area contributed by atoms with Crippen LogP contribution in [0.1, 0.15) is 17.2 Å². The van der Waals surface area contributed by atoms with Crippen molar-refractivity contribution in [3.05, 3.63) is 27.7 Å². The molecule has 0 aliphatic carbocycles. The van der Waals surface area contributed by atoms with Gasteiger partial charge < -0.3 is 15.6 Å². The third-order valence-corrected chi connectivity index (χ3v) is 2.78. The first kappa shape index (κ1) is 11.5. The topological polar surface area (TPSA) is 55.5 Å². The molecule has 0 bridgehead atoms. The normalized spacial score (nSPS) is 12.6. The first-order valence-corrected chi connectivity index (χ1v) is 5.11. The fraction of sp³-hybridized carbons (Fsp3) is 0.400. The van der Waals surface area contributed by atoms with Crippen LogP contribution in [0.25, 0.3) is 0 Å². The summed E-state index contributed by atoms with van der Waals surface area (Å²) in [4.78, 5) is 0. The van der Waals surface area contributed by atoms with Gasteiger partial charge in [-0.3, -0.25) is 0 Å². The number of hydrogen-bond donors (Lipinski definition) is 2. The van der Waals surface area contributed by atoms with Crippen molar-refractivity contribution in [1.82, 2.24) is 0 Å². The Kier molecular flexibility index (Phi) is 3.92. The molecule has 1 rings (SSSR count). The predicted molar refractivity (Wildman–Crippen MR) is 59.4 cm³/mol. The molecule has 1 aromatic rings. The SMILES string of the molecule is COc1cc(C(O)CN)c(Br)cc1C. The predicted octanol–water partition coefficient (Wildman–Crippen LogP) is 1.76. The zero-order chi connectivity index (χ0) is 10.7. The molecule has 0 amide bonds. The van der Waals surface area contributed by atoms with Gasteiger partial charge in [0.05, 0.1) is 13.2 Å². The molecule has 0 radical (unpaired) electrons. The van der Waals surface area contributed by atoms with Crippen molar-refractivity contribution in [3.8, 4) is 5.75 Å². The number of hydrogen-bond acceptors (Lipinski definition) is 3. The lowest BCUT2D eigenvalue weighted by Gasteiger charge is -2.13. The molecule has 78 valence electrons. The highest BCUT2D eigenvalue weighted by atomic mass is 79.9. The molecule has 14 heavy (non-hydrogen) atoms. The molecule has 3 N–H and O–H groups in total. The highest BCUT2D eigenvalue weighted by Crippen LogP contribution is 2.30. The summed E-state index contributed by atoms with van der Waals surface area (Å²) in [6, 6.07) is 3.71. The monoisotopic (exact) mass is 259 g/mol. The van der Waals surface area contributed by atoms with E-state index in [0.29, 0.717) is 0 Å². The second-order valence-corrected chi connectivity index (χ2v) is 3.95. The van der Waals surface area contributed by atoms with E-state index in [9.17, 15) is 5.11 Å². The number of ether oxygens (including phenoxy) is 1. The summed E-state index contributed by atoms with van der Waals surface area (Å²) in [5.41, 5.74) is 7.17.